The number of aryl methyl sites for hydroxylation is 1. The van der Waals surface area contributed by atoms with Crippen molar-refractivity contribution in [2.45, 2.75) is 37.3 Å². The normalized spacial score (nSPS) is 29.0. The predicted octanol–water partition coefficient (Wildman–Crippen LogP) is 3.45. The van der Waals surface area contributed by atoms with E-state index in [1.165, 1.54) is 16.5 Å². The maximum absolute atomic E-state index is 12.9. The quantitative estimate of drug-likeness (QED) is 0.691. The van der Waals surface area contributed by atoms with Gasteiger partial charge in [-0.2, -0.15) is 0 Å². The summed E-state index contributed by atoms with van der Waals surface area (Å²) in [6.45, 7) is 2.48. The number of benzene rings is 2. The molecule has 0 aliphatic carbocycles. The molecule has 148 valence electrons. The van der Waals surface area contributed by atoms with Crippen molar-refractivity contribution < 1.29 is 9.53 Å². The number of nitrogens with zero attached hydrogens (tertiary/aromatic N) is 3. The number of likely N-dealkylation sites (tertiary alicyclic amines) is 1. The second-order valence-electron chi connectivity index (χ2n) is 8.58. The Morgan fingerprint density at radius 3 is 2.83 bits per heavy atom. The van der Waals surface area contributed by atoms with Gasteiger partial charge >= 0.3 is 0 Å². The first-order valence-corrected chi connectivity index (χ1v) is 10.5. The van der Waals surface area contributed by atoms with Gasteiger partial charge in [-0.25, -0.2) is 0 Å². The first kappa shape index (κ1) is 17.2. The second kappa shape index (κ2) is 6.18. The topological polar surface area (TPSA) is 37.7 Å². The van der Waals surface area contributed by atoms with Gasteiger partial charge in [0.2, 0.25) is 5.91 Å². The van der Waals surface area contributed by atoms with Crippen LogP contribution in [0.1, 0.15) is 30.1 Å². The van der Waals surface area contributed by atoms with E-state index in [1.54, 1.807) is 0 Å². The minimum atomic E-state index is -0.456. The average Bonchev–Trinajstić information content (AvgIpc) is 3.46. The van der Waals surface area contributed by atoms with Gasteiger partial charge in [-0.15, -0.1) is 0 Å². The van der Waals surface area contributed by atoms with Gasteiger partial charge in [0.15, 0.2) is 5.72 Å². The largest absolute Gasteiger partial charge is 0.351 e. The lowest BCUT2D eigenvalue weighted by molar-refractivity contribution is -0.138. The fourth-order valence-electron chi connectivity index (χ4n) is 5.66. The molecule has 2 aromatic carbocycles. The highest BCUT2D eigenvalue weighted by Gasteiger charge is 2.63. The number of hydrogen-bond donors (Lipinski definition) is 0. The van der Waals surface area contributed by atoms with Crippen LogP contribution < -0.4 is 0 Å². The predicted molar refractivity (Wildman–Crippen MR) is 111 cm³/mol. The summed E-state index contributed by atoms with van der Waals surface area (Å²) < 4.78 is 8.83. The molecule has 0 bridgehead atoms. The fourth-order valence-corrected chi connectivity index (χ4v) is 5.66. The third kappa shape index (κ3) is 2.44. The third-order valence-corrected chi connectivity index (χ3v) is 7.10. The van der Waals surface area contributed by atoms with Crippen LogP contribution in [0.2, 0.25) is 0 Å². The van der Waals surface area contributed by atoms with E-state index >= 15 is 0 Å². The van der Waals surface area contributed by atoms with Gasteiger partial charge in [0.1, 0.15) is 6.10 Å². The molecular weight excluding hydrogens is 362 g/mol. The molecule has 3 aromatic rings. The van der Waals surface area contributed by atoms with Gasteiger partial charge in [0.05, 0.1) is 12.6 Å². The summed E-state index contributed by atoms with van der Waals surface area (Å²) in [6, 6.07) is 19.1. The van der Waals surface area contributed by atoms with Crippen molar-refractivity contribution in [3.8, 4) is 0 Å². The molecule has 5 heteroatoms. The van der Waals surface area contributed by atoms with Crippen molar-refractivity contribution in [1.82, 2.24) is 14.4 Å². The molecule has 3 atom stereocenters. The SMILES string of the molecule is Cn1ccc2c(CN3CC[C@@]45O[C@@H](c6ccccc6)CN4C(=O)C[C@@H]35)cccc21. The van der Waals surface area contributed by atoms with Gasteiger partial charge in [0.25, 0.3) is 0 Å². The highest BCUT2D eigenvalue weighted by molar-refractivity contribution is 5.84. The van der Waals surface area contributed by atoms with Crippen LogP contribution in [0.25, 0.3) is 10.9 Å². The molecule has 6 rings (SSSR count). The number of ether oxygens (including phenoxy) is 1. The standard InChI is InChI=1S/C24H25N3O2/c1-25-12-10-19-18(8-5-9-20(19)25)15-26-13-11-24-22(26)14-23(28)27(24)16-21(29-24)17-6-3-2-4-7-17/h2-10,12,21-22H,11,13-16H2,1H3/t21-,22-,24+/m1/s1. The number of amides is 1. The molecule has 4 heterocycles. The Hall–Kier alpha value is -2.63. The van der Waals surface area contributed by atoms with Gasteiger partial charge in [-0.05, 0) is 23.3 Å². The van der Waals surface area contributed by atoms with E-state index < -0.39 is 5.72 Å². The number of fused-ring (bicyclic) bond motifs is 1. The first-order valence-electron chi connectivity index (χ1n) is 10.5. The lowest BCUT2D eigenvalue weighted by atomic mass is 10.0. The van der Waals surface area contributed by atoms with Crippen LogP contribution in [0, 0.1) is 0 Å². The molecule has 0 N–H and O–H groups in total. The summed E-state index contributed by atoms with van der Waals surface area (Å²) in [5.74, 6) is 0.232. The van der Waals surface area contributed by atoms with E-state index in [4.69, 9.17) is 4.74 Å². The lowest BCUT2D eigenvalue weighted by Gasteiger charge is -2.32. The third-order valence-electron chi connectivity index (χ3n) is 7.10. The number of hydrogen-bond acceptors (Lipinski definition) is 3. The minimum Gasteiger partial charge on any atom is -0.351 e. The maximum Gasteiger partial charge on any atom is 0.226 e. The van der Waals surface area contributed by atoms with E-state index in [2.05, 4.69) is 59.1 Å². The zero-order valence-corrected chi connectivity index (χ0v) is 16.6. The Balaban J connectivity index is 1.30. The van der Waals surface area contributed by atoms with E-state index in [1.807, 2.05) is 23.1 Å². The van der Waals surface area contributed by atoms with Crippen LogP contribution in [0.3, 0.4) is 0 Å². The molecule has 0 saturated carbocycles. The zero-order valence-electron chi connectivity index (χ0n) is 16.6. The van der Waals surface area contributed by atoms with E-state index in [9.17, 15) is 4.79 Å². The molecule has 1 amide bonds. The average molecular weight is 387 g/mol. The Bertz CT molecular complexity index is 1090. The van der Waals surface area contributed by atoms with E-state index in [0.717, 1.165) is 25.1 Å². The van der Waals surface area contributed by atoms with Crippen LogP contribution in [-0.2, 0) is 23.1 Å². The number of carbonyl (C=O) groups is 1. The van der Waals surface area contributed by atoms with Crippen molar-refractivity contribution in [3.05, 3.63) is 71.9 Å². The molecule has 3 aliphatic heterocycles. The Labute approximate surface area is 170 Å². The molecule has 3 aliphatic rings. The van der Waals surface area contributed by atoms with Crippen LogP contribution in [0.15, 0.2) is 60.8 Å². The monoisotopic (exact) mass is 387 g/mol. The minimum absolute atomic E-state index is 0.0274. The molecule has 29 heavy (non-hydrogen) atoms. The first-order chi connectivity index (χ1) is 14.2. The summed E-state index contributed by atoms with van der Waals surface area (Å²) >= 11 is 0. The maximum atomic E-state index is 12.9. The highest BCUT2D eigenvalue weighted by atomic mass is 16.5. The summed E-state index contributed by atoms with van der Waals surface area (Å²) in [7, 11) is 2.08. The van der Waals surface area contributed by atoms with Crippen molar-refractivity contribution >= 4 is 16.8 Å². The van der Waals surface area contributed by atoms with Gasteiger partial charge in [-0.1, -0.05) is 42.5 Å². The highest BCUT2D eigenvalue weighted by Crippen LogP contribution is 2.51. The van der Waals surface area contributed by atoms with Crippen molar-refractivity contribution in [2.24, 2.45) is 7.05 Å². The zero-order chi connectivity index (χ0) is 19.6. The van der Waals surface area contributed by atoms with Crippen LogP contribution in [-0.4, -0.2) is 45.1 Å². The van der Waals surface area contributed by atoms with Gasteiger partial charge in [0, 0.05) is 50.1 Å². The number of rotatable bonds is 3. The molecule has 1 spiro atoms. The molecule has 3 fully saturated rings. The Kier molecular flexibility index (Phi) is 3.68. The molecule has 3 saturated heterocycles. The Morgan fingerprint density at radius 2 is 1.97 bits per heavy atom. The summed E-state index contributed by atoms with van der Waals surface area (Å²) in [6.07, 6.45) is 3.54. The molecule has 5 nitrogen and oxygen atoms in total. The van der Waals surface area contributed by atoms with Crippen LogP contribution in [0.4, 0.5) is 0 Å². The van der Waals surface area contributed by atoms with Crippen molar-refractivity contribution in [2.75, 3.05) is 13.1 Å². The van der Waals surface area contributed by atoms with E-state index in [-0.39, 0.29) is 18.1 Å². The molecule has 1 aromatic heterocycles. The summed E-state index contributed by atoms with van der Waals surface area (Å²) in [5.41, 5.74) is 3.28. The van der Waals surface area contributed by atoms with Crippen molar-refractivity contribution in [3.63, 3.8) is 0 Å². The van der Waals surface area contributed by atoms with Crippen molar-refractivity contribution in [1.29, 1.82) is 0 Å². The number of carbonyl (C=O) groups excluding carboxylic acids is 1. The molecule has 0 radical (unpaired) electrons. The molecular formula is C24H25N3O2. The number of aromatic nitrogens is 1. The van der Waals surface area contributed by atoms with Gasteiger partial charge < -0.3 is 14.2 Å². The summed E-state index contributed by atoms with van der Waals surface area (Å²) in [4.78, 5) is 17.4. The molecule has 0 unspecified atom stereocenters. The van der Waals surface area contributed by atoms with Crippen LogP contribution in [0.5, 0.6) is 0 Å². The summed E-state index contributed by atoms with van der Waals surface area (Å²) in [5, 5.41) is 1.30. The smallest absolute Gasteiger partial charge is 0.226 e. The Morgan fingerprint density at radius 1 is 1.10 bits per heavy atom. The fraction of sp³-hybridized carbons (Fsp3) is 0.375. The second-order valence-corrected chi connectivity index (χ2v) is 8.58. The van der Waals surface area contributed by atoms with Crippen LogP contribution >= 0.6 is 0 Å². The van der Waals surface area contributed by atoms with Gasteiger partial charge in [-0.3, -0.25) is 9.69 Å². The van der Waals surface area contributed by atoms with E-state index in [0.29, 0.717) is 13.0 Å². The lowest BCUT2D eigenvalue weighted by Crippen LogP contribution is -2.47.